The van der Waals surface area contributed by atoms with E-state index in [9.17, 15) is 0 Å². The maximum absolute atomic E-state index is 4.93. The molecule has 0 saturated carbocycles. The lowest BCUT2D eigenvalue weighted by molar-refractivity contribution is 0.508. The first kappa shape index (κ1) is 17.7. The Bertz CT molecular complexity index is 1110. The SMILES string of the molecule is CC(C)c1cc2cc(CC(C)(C)c3ccc4ccccc4n3)ccc2cn1. The first-order chi connectivity index (χ1) is 12.9. The Kier molecular flexibility index (Phi) is 4.43. The van der Waals surface area contributed by atoms with Gasteiger partial charge in [-0.15, -0.1) is 0 Å². The Hall–Kier alpha value is -2.74. The maximum Gasteiger partial charge on any atom is 0.0705 e. The van der Waals surface area contributed by atoms with Gasteiger partial charge in [0.1, 0.15) is 0 Å². The van der Waals surface area contributed by atoms with E-state index in [-0.39, 0.29) is 5.41 Å². The maximum atomic E-state index is 4.93. The molecule has 2 heteroatoms. The third-order valence-corrected chi connectivity index (χ3v) is 5.34. The molecule has 0 radical (unpaired) electrons. The van der Waals surface area contributed by atoms with Crippen LogP contribution in [-0.2, 0) is 11.8 Å². The summed E-state index contributed by atoms with van der Waals surface area (Å²) in [6.45, 7) is 8.93. The molecular formula is C25H26N2. The van der Waals surface area contributed by atoms with Gasteiger partial charge in [-0.25, -0.2) is 0 Å². The molecule has 0 N–H and O–H groups in total. The van der Waals surface area contributed by atoms with Crippen molar-refractivity contribution in [2.45, 2.75) is 45.4 Å². The van der Waals surface area contributed by atoms with Crippen LogP contribution in [0.1, 0.15) is 50.6 Å². The lowest BCUT2D eigenvalue weighted by atomic mass is 9.81. The summed E-state index contributed by atoms with van der Waals surface area (Å²) in [4.78, 5) is 9.51. The second-order valence-corrected chi connectivity index (χ2v) is 8.40. The molecular weight excluding hydrogens is 328 g/mol. The Labute approximate surface area is 161 Å². The van der Waals surface area contributed by atoms with Gasteiger partial charge in [-0.1, -0.05) is 70.2 Å². The van der Waals surface area contributed by atoms with Crippen LogP contribution >= 0.6 is 0 Å². The van der Waals surface area contributed by atoms with Crippen molar-refractivity contribution in [3.8, 4) is 0 Å². The van der Waals surface area contributed by atoms with Crippen LogP contribution < -0.4 is 0 Å². The smallest absolute Gasteiger partial charge is 0.0705 e. The van der Waals surface area contributed by atoms with Gasteiger partial charge in [-0.2, -0.15) is 0 Å². The van der Waals surface area contributed by atoms with Crippen molar-refractivity contribution in [2.75, 3.05) is 0 Å². The van der Waals surface area contributed by atoms with Gasteiger partial charge in [0.25, 0.3) is 0 Å². The van der Waals surface area contributed by atoms with Crippen molar-refractivity contribution in [3.63, 3.8) is 0 Å². The minimum absolute atomic E-state index is 0.0361. The molecule has 0 saturated heterocycles. The third-order valence-electron chi connectivity index (χ3n) is 5.34. The molecule has 4 rings (SSSR count). The summed E-state index contributed by atoms with van der Waals surface area (Å²) in [5.74, 6) is 0.441. The molecule has 4 aromatic rings. The number of hydrogen-bond acceptors (Lipinski definition) is 2. The fourth-order valence-electron chi connectivity index (χ4n) is 3.68. The van der Waals surface area contributed by atoms with Crippen molar-refractivity contribution in [3.05, 3.63) is 83.8 Å². The van der Waals surface area contributed by atoms with Crippen molar-refractivity contribution >= 4 is 21.7 Å². The molecule has 0 unspecified atom stereocenters. The molecule has 0 aliphatic heterocycles. The van der Waals surface area contributed by atoms with Crippen molar-refractivity contribution in [1.82, 2.24) is 9.97 Å². The highest BCUT2D eigenvalue weighted by Crippen LogP contribution is 2.29. The van der Waals surface area contributed by atoms with Crippen LogP contribution in [0.15, 0.2) is 66.9 Å². The van der Waals surface area contributed by atoms with E-state index in [2.05, 4.69) is 93.3 Å². The zero-order valence-electron chi connectivity index (χ0n) is 16.5. The second-order valence-electron chi connectivity index (χ2n) is 8.40. The summed E-state index contributed by atoms with van der Waals surface area (Å²) in [5, 5.41) is 3.66. The second kappa shape index (κ2) is 6.77. The summed E-state index contributed by atoms with van der Waals surface area (Å²) >= 11 is 0. The molecule has 0 amide bonds. The minimum Gasteiger partial charge on any atom is -0.260 e. The number of para-hydroxylation sites is 1. The average Bonchev–Trinajstić information content (AvgIpc) is 2.66. The molecule has 2 aromatic heterocycles. The number of hydrogen-bond donors (Lipinski definition) is 0. The number of benzene rings is 2. The van der Waals surface area contributed by atoms with Crippen LogP contribution in [0.5, 0.6) is 0 Å². The largest absolute Gasteiger partial charge is 0.260 e. The highest BCUT2D eigenvalue weighted by molar-refractivity contribution is 5.83. The van der Waals surface area contributed by atoms with Crippen molar-refractivity contribution in [1.29, 1.82) is 0 Å². The van der Waals surface area contributed by atoms with E-state index in [1.54, 1.807) is 0 Å². The van der Waals surface area contributed by atoms with E-state index in [1.165, 1.54) is 21.7 Å². The van der Waals surface area contributed by atoms with E-state index >= 15 is 0 Å². The number of rotatable bonds is 4. The molecule has 2 heterocycles. The highest BCUT2D eigenvalue weighted by Gasteiger charge is 2.23. The molecule has 0 fully saturated rings. The van der Waals surface area contributed by atoms with Gasteiger partial charge < -0.3 is 0 Å². The van der Waals surface area contributed by atoms with Crippen LogP contribution in [0, 0.1) is 0 Å². The monoisotopic (exact) mass is 354 g/mol. The summed E-state index contributed by atoms with van der Waals surface area (Å²) in [6, 6.07) is 21.6. The summed E-state index contributed by atoms with van der Waals surface area (Å²) in [6.07, 6.45) is 2.94. The fraction of sp³-hybridized carbons (Fsp3) is 0.280. The van der Waals surface area contributed by atoms with Crippen LogP contribution in [0.4, 0.5) is 0 Å². The van der Waals surface area contributed by atoms with Crippen LogP contribution in [-0.4, -0.2) is 9.97 Å². The molecule has 0 atom stereocenters. The molecule has 2 aromatic carbocycles. The van der Waals surface area contributed by atoms with Gasteiger partial charge in [-0.05, 0) is 41.5 Å². The van der Waals surface area contributed by atoms with Gasteiger partial charge in [0.2, 0.25) is 0 Å². The Morgan fingerprint density at radius 3 is 2.44 bits per heavy atom. The highest BCUT2D eigenvalue weighted by atomic mass is 14.7. The Morgan fingerprint density at radius 1 is 0.852 bits per heavy atom. The normalized spacial score (nSPS) is 12.2. The molecule has 0 bridgehead atoms. The zero-order chi connectivity index (χ0) is 19.0. The number of fused-ring (bicyclic) bond motifs is 2. The van der Waals surface area contributed by atoms with Crippen LogP contribution in [0.25, 0.3) is 21.7 Å². The summed E-state index contributed by atoms with van der Waals surface area (Å²) < 4.78 is 0. The van der Waals surface area contributed by atoms with Gasteiger partial charge >= 0.3 is 0 Å². The van der Waals surface area contributed by atoms with Crippen LogP contribution in [0.3, 0.4) is 0 Å². The molecule has 0 aliphatic rings. The third kappa shape index (κ3) is 3.57. The first-order valence-corrected chi connectivity index (χ1v) is 9.67. The predicted molar refractivity (Wildman–Crippen MR) is 114 cm³/mol. The Balaban J connectivity index is 1.68. The lowest BCUT2D eigenvalue weighted by Gasteiger charge is -2.25. The van der Waals surface area contributed by atoms with Gasteiger partial charge in [0.15, 0.2) is 0 Å². The molecule has 136 valence electrons. The van der Waals surface area contributed by atoms with Gasteiger partial charge in [0.05, 0.1) is 5.52 Å². The van der Waals surface area contributed by atoms with E-state index in [1.807, 2.05) is 6.20 Å². The summed E-state index contributed by atoms with van der Waals surface area (Å²) in [5.41, 5.74) is 4.65. The van der Waals surface area contributed by atoms with E-state index in [0.717, 1.165) is 23.3 Å². The van der Waals surface area contributed by atoms with Crippen molar-refractivity contribution in [2.24, 2.45) is 0 Å². The predicted octanol–water partition coefficient (Wildman–Crippen LogP) is 6.43. The molecule has 0 aliphatic carbocycles. The van der Waals surface area contributed by atoms with E-state index in [4.69, 9.17) is 4.98 Å². The topological polar surface area (TPSA) is 25.8 Å². The van der Waals surface area contributed by atoms with Gasteiger partial charge in [-0.3, -0.25) is 9.97 Å². The minimum atomic E-state index is -0.0361. The van der Waals surface area contributed by atoms with Gasteiger partial charge in [0, 0.05) is 33.8 Å². The van der Waals surface area contributed by atoms with E-state index in [0.29, 0.717) is 5.92 Å². The number of aromatic nitrogens is 2. The molecule has 2 nitrogen and oxygen atoms in total. The number of pyridine rings is 2. The standard InChI is InChI=1S/C25H26N2/c1-17(2)23-14-21-13-18(9-10-20(21)16-26-23)15-25(3,4)24-12-11-19-7-5-6-8-22(19)27-24/h5-14,16-17H,15H2,1-4H3. The fourth-order valence-corrected chi connectivity index (χ4v) is 3.68. The van der Waals surface area contributed by atoms with Crippen LogP contribution in [0.2, 0.25) is 0 Å². The first-order valence-electron chi connectivity index (χ1n) is 9.67. The lowest BCUT2D eigenvalue weighted by Crippen LogP contribution is -2.22. The quantitative estimate of drug-likeness (QED) is 0.422. The zero-order valence-corrected chi connectivity index (χ0v) is 16.5. The van der Waals surface area contributed by atoms with E-state index < -0.39 is 0 Å². The Morgan fingerprint density at radius 2 is 1.63 bits per heavy atom. The molecule has 0 spiro atoms. The average molecular weight is 354 g/mol. The summed E-state index contributed by atoms with van der Waals surface area (Å²) in [7, 11) is 0. The number of nitrogens with zero attached hydrogens (tertiary/aromatic N) is 2. The molecule has 27 heavy (non-hydrogen) atoms. The van der Waals surface area contributed by atoms with Crippen molar-refractivity contribution < 1.29 is 0 Å².